The highest BCUT2D eigenvalue weighted by atomic mass is 32.1. The van der Waals surface area contributed by atoms with Crippen LogP contribution in [0.3, 0.4) is 0 Å². The van der Waals surface area contributed by atoms with Gasteiger partial charge in [-0.2, -0.15) is 0 Å². The van der Waals surface area contributed by atoms with Gasteiger partial charge in [0.15, 0.2) is 0 Å². The summed E-state index contributed by atoms with van der Waals surface area (Å²) in [5, 5.41) is 7.75. The Balaban J connectivity index is 1.09. The average Bonchev–Trinajstić information content (AvgIpc) is 3.82. The van der Waals surface area contributed by atoms with Crippen LogP contribution in [0.1, 0.15) is 0 Å². The van der Waals surface area contributed by atoms with E-state index in [9.17, 15) is 0 Å². The molecule has 0 aliphatic carbocycles. The fourth-order valence-corrected chi connectivity index (χ4v) is 10.5. The van der Waals surface area contributed by atoms with Crippen LogP contribution in [-0.2, 0) is 0 Å². The Morgan fingerprint density at radius 2 is 0.927 bits per heavy atom. The van der Waals surface area contributed by atoms with Crippen molar-refractivity contribution in [2.24, 2.45) is 0 Å². The summed E-state index contributed by atoms with van der Waals surface area (Å²) in [6.07, 6.45) is 0. The third-order valence-electron chi connectivity index (χ3n) is 10.9. The molecule has 1 nitrogen and oxygen atoms in total. The van der Waals surface area contributed by atoms with Crippen LogP contribution < -0.4 is 4.90 Å². The summed E-state index contributed by atoms with van der Waals surface area (Å²) in [4.78, 5) is 2.44. The van der Waals surface area contributed by atoms with Gasteiger partial charge in [-0.1, -0.05) is 133 Å². The van der Waals surface area contributed by atoms with Gasteiger partial charge in [-0.25, -0.2) is 0 Å². The van der Waals surface area contributed by atoms with E-state index in [4.69, 9.17) is 0 Å². The van der Waals surface area contributed by atoms with Crippen LogP contribution in [0.25, 0.3) is 84.5 Å². The van der Waals surface area contributed by atoms with Crippen molar-refractivity contribution in [3.8, 4) is 33.4 Å². The highest BCUT2D eigenvalue weighted by Crippen LogP contribution is 2.46. The highest BCUT2D eigenvalue weighted by molar-refractivity contribution is 7.26. The van der Waals surface area contributed by atoms with Crippen LogP contribution in [0.15, 0.2) is 200 Å². The van der Waals surface area contributed by atoms with E-state index in [1.54, 1.807) is 0 Å². The first-order chi connectivity index (χ1) is 27.2. The molecule has 0 amide bonds. The third-order valence-corrected chi connectivity index (χ3v) is 13.1. The Hall–Kier alpha value is -6.52. The standard InChI is InChI=1S/C52H33NS2/c1-2-12-36-31-37(24-23-34(36)11-1)35-25-28-40(29-26-35)53(41-14-9-13-38(32-41)43-18-10-22-51-52(43)45-17-5-8-21-49(45)55-51)47-19-6-3-15-42(47)39-27-30-50-46(33-39)44-16-4-7-20-48(44)54-50/h1-33H. The maximum absolute atomic E-state index is 2.44. The lowest BCUT2D eigenvalue weighted by atomic mass is 9.97. The molecule has 0 atom stereocenters. The molecule has 55 heavy (non-hydrogen) atoms. The number of fused-ring (bicyclic) bond motifs is 7. The van der Waals surface area contributed by atoms with Gasteiger partial charge >= 0.3 is 0 Å². The van der Waals surface area contributed by atoms with Gasteiger partial charge in [0.25, 0.3) is 0 Å². The van der Waals surface area contributed by atoms with Crippen LogP contribution in [0.2, 0.25) is 0 Å². The molecule has 0 radical (unpaired) electrons. The Kier molecular flexibility index (Phi) is 7.61. The summed E-state index contributed by atoms with van der Waals surface area (Å²) in [7, 11) is 0. The topological polar surface area (TPSA) is 3.24 Å². The fourth-order valence-electron chi connectivity index (χ4n) is 8.23. The minimum atomic E-state index is 1.11. The van der Waals surface area contributed by atoms with Gasteiger partial charge < -0.3 is 4.90 Å². The van der Waals surface area contributed by atoms with Gasteiger partial charge in [0.1, 0.15) is 0 Å². The van der Waals surface area contributed by atoms with Gasteiger partial charge in [-0.15, -0.1) is 22.7 Å². The summed E-state index contributed by atoms with van der Waals surface area (Å²) in [5.74, 6) is 0. The first kappa shape index (κ1) is 32.0. The Bertz CT molecular complexity index is 3220. The highest BCUT2D eigenvalue weighted by Gasteiger charge is 2.20. The normalized spacial score (nSPS) is 11.6. The van der Waals surface area contributed by atoms with Gasteiger partial charge in [-0.3, -0.25) is 0 Å². The van der Waals surface area contributed by atoms with E-state index in [-0.39, 0.29) is 0 Å². The molecular weight excluding hydrogens is 703 g/mol. The first-order valence-electron chi connectivity index (χ1n) is 18.7. The predicted octanol–water partition coefficient (Wildman–Crippen LogP) is 16.0. The Morgan fingerprint density at radius 3 is 1.82 bits per heavy atom. The maximum atomic E-state index is 2.44. The number of thiophene rings is 2. The maximum Gasteiger partial charge on any atom is 0.0540 e. The summed E-state index contributed by atoms with van der Waals surface area (Å²) < 4.78 is 5.26. The second-order valence-corrected chi connectivity index (χ2v) is 16.3. The van der Waals surface area contributed by atoms with Crippen molar-refractivity contribution in [3.05, 3.63) is 200 Å². The van der Waals surface area contributed by atoms with Crippen LogP contribution in [0.4, 0.5) is 17.1 Å². The lowest BCUT2D eigenvalue weighted by Crippen LogP contribution is -2.11. The van der Waals surface area contributed by atoms with Crippen molar-refractivity contribution in [1.82, 2.24) is 0 Å². The number of hydrogen-bond donors (Lipinski definition) is 0. The lowest BCUT2D eigenvalue weighted by Gasteiger charge is -2.28. The monoisotopic (exact) mass is 735 g/mol. The second-order valence-electron chi connectivity index (χ2n) is 14.1. The number of anilines is 3. The third kappa shape index (κ3) is 5.51. The minimum absolute atomic E-state index is 1.11. The SMILES string of the molecule is c1cc(-c2cccc3sc4ccccc4c23)cc(N(c2ccc(-c3ccc4ccccc4c3)cc2)c2ccccc2-c2ccc3sc4ccccc4c3c2)c1. The van der Waals surface area contributed by atoms with Crippen molar-refractivity contribution < 1.29 is 0 Å². The molecule has 0 saturated carbocycles. The summed E-state index contributed by atoms with van der Waals surface area (Å²) >= 11 is 3.73. The smallest absolute Gasteiger partial charge is 0.0540 e. The van der Waals surface area contributed by atoms with Gasteiger partial charge in [0.05, 0.1) is 5.69 Å². The van der Waals surface area contributed by atoms with E-state index in [0.29, 0.717) is 0 Å². The van der Waals surface area contributed by atoms with E-state index in [1.807, 2.05) is 22.7 Å². The molecule has 0 aliphatic heterocycles. The van der Waals surface area contributed by atoms with Crippen molar-refractivity contribution in [3.63, 3.8) is 0 Å². The number of hydrogen-bond acceptors (Lipinski definition) is 3. The second kappa shape index (κ2) is 13.1. The van der Waals surface area contributed by atoms with Crippen molar-refractivity contribution in [1.29, 1.82) is 0 Å². The Labute approximate surface area is 327 Å². The molecule has 0 saturated heterocycles. The predicted molar refractivity (Wildman–Crippen MR) is 241 cm³/mol. The van der Waals surface area contributed by atoms with Crippen LogP contribution in [0.5, 0.6) is 0 Å². The van der Waals surface area contributed by atoms with E-state index >= 15 is 0 Å². The zero-order valence-corrected chi connectivity index (χ0v) is 31.4. The number of nitrogens with zero attached hydrogens (tertiary/aromatic N) is 1. The number of benzene rings is 9. The molecule has 0 aliphatic rings. The molecule has 3 heteroatoms. The Morgan fingerprint density at radius 1 is 0.309 bits per heavy atom. The molecule has 0 unspecified atom stereocenters. The summed E-state index contributed by atoms with van der Waals surface area (Å²) in [5.41, 5.74) is 10.6. The summed E-state index contributed by atoms with van der Waals surface area (Å²) in [6.45, 7) is 0. The van der Waals surface area contributed by atoms with Gasteiger partial charge in [0, 0.05) is 57.3 Å². The van der Waals surface area contributed by atoms with Crippen molar-refractivity contribution >= 4 is 90.9 Å². The molecule has 2 heterocycles. The molecule has 11 aromatic rings. The lowest BCUT2D eigenvalue weighted by molar-refractivity contribution is 1.28. The summed E-state index contributed by atoms with van der Waals surface area (Å²) in [6, 6.07) is 73.5. The molecule has 11 rings (SSSR count). The minimum Gasteiger partial charge on any atom is -0.310 e. The quantitative estimate of drug-likeness (QED) is 0.164. The van der Waals surface area contributed by atoms with E-state index in [2.05, 4.69) is 205 Å². The van der Waals surface area contributed by atoms with Gasteiger partial charge in [-0.05, 0) is 105 Å². The van der Waals surface area contributed by atoms with Crippen LogP contribution in [-0.4, -0.2) is 0 Å². The van der Waals surface area contributed by atoms with Crippen molar-refractivity contribution in [2.75, 3.05) is 4.90 Å². The van der Waals surface area contributed by atoms with E-state index in [0.717, 1.165) is 17.1 Å². The first-order valence-corrected chi connectivity index (χ1v) is 20.3. The van der Waals surface area contributed by atoms with Gasteiger partial charge in [0.2, 0.25) is 0 Å². The largest absolute Gasteiger partial charge is 0.310 e. The van der Waals surface area contributed by atoms with Crippen LogP contribution in [0, 0.1) is 0 Å². The molecule has 0 spiro atoms. The fraction of sp³-hybridized carbons (Fsp3) is 0. The zero-order chi connectivity index (χ0) is 36.3. The van der Waals surface area contributed by atoms with Crippen molar-refractivity contribution in [2.45, 2.75) is 0 Å². The van der Waals surface area contributed by atoms with E-state index < -0.39 is 0 Å². The van der Waals surface area contributed by atoms with E-state index in [1.165, 1.54) is 84.5 Å². The zero-order valence-electron chi connectivity index (χ0n) is 29.8. The molecule has 258 valence electrons. The number of rotatable bonds is 6. The molecule has 0 fully saturated rings. The average molecular weight is 736 g/mol. The molecule has 9 aromatic carbocycles. The molecular formula is C52H33NS2. The van der Waals surface area contributed by atoms with Crippen LogP contribution >= 0.6 is 22.7 Å². The molecule has 0 N–H and O–H groups in total. The molecule has 0 bridgehead atoms. The number of para-hydroxylation sites is 1. The molecule has 2 aromatic heterocycles.